The highest BCUT2D eigenvalue weighted by atomic mass is 35.5. The average molecular weight is 1980 g/mol. The summed E-state index contributed by atoms with van der Waals surface area (Å²) in [5.74, 6) is 0.562. The molecule has 0 aromatic heterocycles. The van der Waals surface area contributed by atoms with Gasteiger partial charge in [-0.3, -0.25) is 38.9 Å². The molecule has 32 rings (SSSR count). The van der Waals surface area contributed by atoms with Gasteiger partial charge in [-0.1, -0.05) is 305 Å². The third-order valence-corrected chi connectivity index (χ3v) is 34.2. The van der Waals surface area contributed by atoms with E-state index in [9.17, 15) is 19.2 Å². The Morgan fingerprint density at radius 1 is 0.240 bits per heavy atom. The molecule has 21 aliphatic rings. The normalized spacial score (nSPS) is 25.7. The van der Waals surface area contributed by atoms with Gasteiger partial charge in [0.1, 0.15) is 6.61 Å². The van der Waals surface area contributed by atoms with E-state index in [1.807, 2.05) is 121 Å². The molecule has 21 aliphatic heterocycles. The summed E-state index contributed by atoms with van der Waals surface area (Å²) in [4.78, 5) is 76.4. The lowest BCUT2D eigenvalue weighted by Crippen LogP contribution is -2.62. The lowest BCUT2D eigenvalue weighted by atomic mass is 9.87. The van der Waals surface area contributed by atoms with Gasteiger partial charge in [-0.2, -0.15) is 0 Å². The maximum Gasteiger partial charge on any atom is 0.404 e. The monoisotopic (exact) mass is 1980 g/mol. The minimum absolute atomic E-state index is 0.164. The lowest BCUT2D eigenvalue weighted by molar-refractivity contribution is 0.0245. The van der Waals surface area contributed by atoms with Crippen molar-refractivity contribution in [3.63, 3.8) is 0 Å². The average Bonchev–Trinajstić information content (AvgIpc) is 0.748. The summed E-state index contributed by atoms with van der Waals surface area (Å²) in [5, 5.41) is 10.8. The number of nitrogens with one attached hydrogen (secondary N) is 3. The number of hydrogen-bond acceptors (Lipinski definition) is 19. The number of nitrogens with zero attached hydrogens (tertiary/aromatic N) is 11. The molecule has 11 aromatic rings. The number of hydrogen-bond donors (Lipinski definition) is 3. The molecule has 19 nitrogen and oxygen atoms in total. The van der Waals surface area contributed by atoms with Crippen LogP contribution in [0.1, 0.15) is 128 Å². The summed E-state index contributed by atoms with van der Waals surface area (Å²) in [6.07, 6.45) is 16.0. The first kappa shape index (κ1) is 106. The molecule has 14 unspecified atom stereocenters. The summed E-state index contributed by atoms with van der Waals surface area (Å²) in [5.41, 5.74) is 23.8. The van der Waals surface area contributed by atoms with Crippen LogP contribution in [0.4, 0.5) is 4.79 Å². The Bertz CT molecular complexity index is 5820. The topological polar surface area (TPSA) is 149 Å². The van der Waals surface area contributed by atoms with E-state index in [0.29, 0.717) is 92.1 Å². The molecule has 14 atom stereocenters. The number of piperazine rings is 7. The maximum absolute atomic E-state index is 13.0. The Morgan fingerprint density at radius 3 is 0.719 bits per heavy atom. The maximum atomic E-state index is 13.0. The number of Topliss-reactive ketones (excluding diaryl/α,β-unsaturated/α-hetero) is 3. The van der Waals surface area contributed by atoms with E-state index in [4.69, 9.17) is 11.6 Å². The SMILES string of the molecule is CCN1CC2Cc3ccccc3CC1CN2C.CCN1CC2Cc3ccccc3CC1CN2C.CN1CC2Cc3ccccc3CC1CN2.CN1CC2Cc3ccccc3CC1CN2C.CN1CC2Cc3ccccc3CC1CN2CC(=O)c1ccccc1.O=C(CN1CC2Cc3ccccc3CC1CN2CC(=O)c1ccccc1)c1ccccc1.O=C(Cl)OCc1ccccc1.c1ccc2c(c1)CC1CNC(CN1)C2. The van der Waals surface area contributed by atoms with Crippen LogP contribution in [0.25, 0.3) is 0 Å². The van der Waals surface area contributed by atoms with Crippen LogP contribution in [-0.4, -0.2) is 328 Å². The van der Waals surface area contributed by atoms with E-state index in [0.717, 1.165) is 93.8 Å². The van der Waals surface area contributed by atoms with Crippen LogP contribution in [0.2, 0.25) is 0 Å². The van der Waals surface area contributed by atoms with Crippen molar-refractivity contribution in [3.05, 3.63) is 391 Å². The first-order chi connectivity index (χ1) is 71.2. The number of ether oxygens (including phenoxy) is 1. The zero-order chi connectivity index (χ0) is 101. The minimum atomic E-state index is -0.770. The molecule has 146 heavy (non-hydrogen) atoms. The Morgan fingerprint density at radius 2 is 0.445 bits per heavy atom. The smallest absolute Gasteiger partial charge is 0.404 e. The van der Waals surface area contributed by atoms with Gasteiger partial charge in [-0.15, -0.1) is 0 Å². The van der Waals surface area contributed by atoms with Crippen molar-refractivity contribution in [1.29, 1.82) is 0 Å². The van der Waals surface area contributed by atoms with Crippen molar-refractivity contribution in [2.75, 3.05) is 167 Å². The van der Waals surface area contributed by atoms with Gasteiger partial charge >= 0.3 is 5.43 Å². The van der Waals surface area contributed by atoms with Gasteiger partial charge in [0.2, 0.25) is 0 Å². The minimum Gasteiger partial charge on any atom is -0.449 e. The molecule has 0 spiro atoms. The van der Waals surface area contributed by atoms with Gasteiger partial charge in [0, 0.05) is 205 Å². The first-order valence-corrected chi connectivity index (χ1v) is 54.8. The number of halogens is 1. The molecule has 0 saturated carbocycles. The van der Waals surface area contributed by atoms with Gasteiger partial charge < -0.3 is 50.1 Å². The van der Waals surface area contributed by atoms with Gasteiger partial charge in [-0.25, -0.2) is 4.79 Å². The van der Waals surface area contributed by atoms with Crippen LogP contribution in [-0.2, 0) is 101 Å². The second kappa shape index (κ2) is 51.2. The third kappa shape index (κ3) is 27.8. The van der Waals surface area contributed by atoms with E-state index in [1.165, 1.54) is 156 Å². The van der Waals surface area contributed by atoms with Crippen LogP contribution >= 0.6 is 11.6 Å². The highest BCUT2D eigenvalue weighted by Gasteiger charge is 2.43. The molecular weight excluding hydrogens is 1820 g/mol. The Kier molecular flexibility index (Phi) is 37.0. The number of carbonyl (C=O) groups is 4. The number of fused-ring (bicyclic) bond motifs is 14. The van der Waals surface area contributed by atoms with Crippen molar-refractivity contribution in [2.24, 2.45) is 0 Å². The molecule has 0 aliphatic carbocycles. The van der Waals surface area contributed by atoms with Crippen LogP contribution in [0.3, 0.4) is 0 Å². The molecule has 7 saturated heterocycles. The molecule has 7 fully saturated rings. The lowest BCUT2D eigenvalue weighted by Gasteiger charge is -2.48. The molecule has 21 heterocycles. The predicted octanol–water partition coefficient (Wildman–Crippen LogP) is 15.9. The molecule has 0 amide bonds. The second-order valence-electron chi connectivity index (χ2n) is 43.7. The Balaban J connectivity index is 0.000000112. The van der Waals surface area contributed by atoms with Crippen LogP contribution in [0, 0.1) is 0 Å². The van der Waals surface area contributed by atoms with E-state index in [1.54, 1.807) is 44.5 Å². The van der Waals surface area contributed by atoms with E-state index >= 15 is 0 Å². The predicted molar refractivity (Wildman–Crippen MR) is 594 cm³/mol. The fourth-order valence-corrected chi connectivity index (χ4v) is 25.4. The quantitative estimate of drug-likeness (QED) is 0.0741. The molecule has 0 radical (unpaired) electrons. The van der Waals surface area contributed by atoms with Crippen molar-refractivity contribution in [2.45, 2.75) is 195 Å². The molecular formula is C126H157ClN14O5. The van der Waals surface area contributed by atoms with E-state index < -0.39 is 5.43 Å². The number of rotatable bonds is 13. The van der Waals surface area contributed by atoms with Gasteiger partial charge in [0.05, 0.1) is 19.6 Å². The summed E-state index contributed by atoms with van der Waals surface area (Å²) in [6.45, 7) is 24.2. The van der Waals surface area contributed by atoms with Gasteiger partial charge in [0.25, 0.3) is 0 Å². The standard InChI is InChI=1S/C28H28N2O2.C21H24N2O.2C15H22N2.C14H20N2.C13H18N2.C12H16N2.C8H7ClO2/c31-27(21-9-3-1-4-10-21)19-29-17-26-16-24-14-8-7-13-23(24)15-25(29)18-30(26)20-28(32)22-11-5-2-6-12-22;1-22-13-20-12-18-10-6-5-9-17(18)11-19(22)14-23(20)15-21(24)16-7-3-2-4-8-16;2*1-3-17-11-14-8-12-6-4-5-7-13(12)9-15(17)10-16(14)2;1-15-9-14-8-12-6-4-3-5-11(12)7-13(15)10-16(14)2;1-15-9-12-6-10-4-2-3-5-11(10)7-13(15)8-14-12;1-2-4-10-6-12-8-13-11(7-14-12)5-9(10)3-1;9-8(10)11-6-7-4-2-1-3-5-7/h1-14,25-26H,15-20H2;2-10,19-20H,11-15H2,1H3;2*4-7,14-15H,3,8-11H2,1-2H3;3-6,13-14H,7-10H2,1-2H3;2-5,12-14H,6-9H2,1H3;1-4,11-14H,5-8H2;1-5H,6H2. The first-order valence-electron chi connectivity index (χ1n) is 54.4. The molecule has 11 aromatic carbocycles. The summed E-state index contributed by atoms with van der Waals surface area (Å²) in [6, 6.07) is 109. The van der Waals surface area contributed by atoms with Crippen LogP contribution < -0.4 is 16.0 Å². The summed E-state index contributed by atoms with van der Waals surface area (Å²) >= 11 is 4.97. The molecule has 14 bridgehead atoms. The third-order valence-electron chi connectivity index (χ3n) is 34.1. The van der Waals surface area contributed by atoms with Gasteiger partial charge in [0.15, 0.2) is 17.3 Å². The molecule has 768 valence electrons. The largest absolute Gasteiger partial charge is 0.449 e. The molecule has 3 N–H and O–H groups in total. The van der Waals surface area contributed by atoms with Crippen molar-refractivity contribution >= 4 is 34.4 Å². The zero-order valence-electron chi connectivity index (χ0n) is 87.7. The fraction of sp³-hybridized carbons (Fsp3) is 0.444. The van der Waals surface area contributed by atoms with Gasteiger partial charge in [-0.05, 0) is 229 Å². The highest BCUT2D eigenvalue weighted by molar-refractivity contribution is 6.61. The van der Waals surface area contributed by atoms with E-state index in [2.05, 4.69) is 301 Å². The number of likely N-dealkylation sites (N-methyl/N-ethyl adjacent to an activating group) is 8. The molecule has 20 heteroatoms. The second-order valence-corrected chi connectivity index (χ2v) is 44.0. The number of ketones is 3. The fourth-order valence-electron chi connectivity index (χ4n) is 25.3. The zero-order valence-corrected chi connectivity index (χ0v) is 88.4. The van der Waals surface area contributed by atoms with Crippen molar-refractivity contribution in [3.8, 4) is 0 Å². The highest BCUT2D eigenvalue weighted by Crippen LogP contribution is 2.35. The summed E-state index contributed by atoms with van der Waals surface area (Å²) < 4.78 is 4.55. The number of carbonyl (C=O) groups excluding carboxylic acids is 4. The summed E-state index contributed by atoms with van der Waals surface area (Å²) in [7, 11) is 13.6. The Labute approximate surface area is 875 Å². The number of benzene rings is 11. The Hall–Kier alpha value is -10.4. The van der Waals surface area contributed by atoms with Crippen LogP contribution in [0.15, 0.2) is 291 Å². The van der Waals surface area contributed by atoms with E-state index in [-0.39, 0.29) is 36.0 Å². The van der Waals surface area contributed by atoms with Crippen molar-refractivity contribution in [1.82, 2.24) is 69.8 Å². The van der Waals surface area contributed by atoms with Crippen LogP contribution in [0.5, 0.6) is 0 Å². The van der Waals surface area contributed by atoms with Crippen molar-refractivity contribution < 1.29 is 23.9 Å².